The van der Waals surface area contributed by atoms with Gasteiger partial charge in [-0.1, -0.05) is 75.3 Å². The summed E-state index contributed by atoms with van der Waals surface area (Å²) >= 11 is 0. The molecule has 0 saturated carbocycles. The molecular weight excluding hydrogens is 314 g/mol. The van der Waals surface area contributed by atoms with Crippen molar-refractivity contribution >= 4 is 20.7 Å². The minimum Gasteiger partial charge on any atom is -0.199 e. The van der Waals surface area contributed by atoms with Crippen LogP contribution in [0.2, 0.25) is 0 Å². The summed E-state index contributed by atoms with van der Waals surface area (Å²) in [6, 6.07) is 6.93. The maximum absolute atomic E-state index is 12.5. The second-order valence-electron chi connectivity index (χ2n) is 6.60. The van der Waals surface area contributed by atoms with Crippen LogP contribution in [-0.4, -0.2) is 18.9 Å². The van der Waals surface area contributed by atoms with E-state index < -0.39 is 20.7 Å². The molecule has 0 N–H and O–H groups in total. The molecule has 0 radical (unpaired) electrons. The predicted octanol–water partition coefficient (Wildman–Crippen LogP) is 4.86. The highest BCUT2D eigenvalue weighted by atomic mass is 32.3. The number of sulfonamides is 1. The highest BCUT2D eigenvalue weighted by Gasteiger charge is 2.21. The Balaban J connectivity index is 3.01. The molecule has 0 aliphatic rings. The second kappa shape index (κ2) is 8.25. The maximum atomic E-state index is 12.5. The average molecular weight is 344 g/mol. The largest absolute Gasteiger partial charge is 0.287 e. The van der Waals surface area contributed by atoms with Crippen molar-refractivity contribution in [3.63, 3.8) is 0 Å². The molecular formula is C17H29NO2S2. The minimum atomic E-state index is -3.56. The SMILES string of the molecule is CCCCCC/S(=N/S(=O)(=O)c1ccc(C)cc1)C(C)(C)C. The Morgan fingerprint density at radius 1 is 1.05 bits per heavy atom. The van der Waals surface area contributed by atoms with Crippen LogP contribution in [-0.2, 0) is 20.7 Å². The molecule has 3 nitrogen and oxygen atoms in total. The molecule has 5 heteroatoms. The van der Waals surface area contributed by atoms with Crippen LogP contribution in [0.5, 0.6) is 0 Å². The molecule has 0 aliphatic carbocycles. The van der Waals surface area contributed by atoms with Crippen LogP contribution in [0.3, 0.4) is 0 Å². The first-order chi connectivity index (χ1) is 10.2. The number of rotatable bonds is 7. The first-order valence-corrected chi connectivity index (χ1v) is 10.7. The van der Waals surface area contributed by atoms with E-state index in [4.69, 9.17) is 0 Å². The summed E-state index contributed by atoms with van der Waals surface area (Å²) in [5, 5.41) is 0. The van der Waals surface area contributed by atoms with E-state index in [9.17, 15) is 8.42 Å². The molecule has 0 fully saturated rings. The van der Waals surface area contributed by atoms with Gasteiger partial charge in [-0.05, 0) is 25.5 Å². The summed E-state index contributed by atoms with van der Waals surface area (Å²) in [6.45, 7) is 10.3. The van der Waals surface area contributed by atoms with Crippen molar-refractivity contribution in [1.29, 1.82) is 0 Å². The van der Waals surface area contributed by atoms with Crippen LogP contribution in [0.25, 0.3) is 0 Å². The quantitative estimate of drug-likeness (QED) is 0.663. The second-order valence-corrected chi connectivity index (χ2v) is 11.0. The van der Waals surface area contributed by atoms with Gasteiger partial charge < -0.3 is 0 Å². The lowest BCUT2D eigenvalue weighted by molar-refractivity contribution is 0.598. The van der Waals surface area contributed by atoms with Crippen molar-refractivity contribution < 1.29 is 8.42 Å². The Bertz CT molecular complexity index is 597. The molecule has 1 unspecified atom stereocenters. The molecule has 0 aromatic heterocycles. The molecule has 1 atom stereocenters. The molecule has 0 spiro atoms. The first-order valence-electron chi connectivity index (χ1n) is 7.92. The van der Waals surface area contributed by atoms with E-state index in [1.54, 1.807) is 12.1 Å². The van der Waals surface area contributed by atoms with E-state index in [-0.39, 0.29) is 4.75 Å². The molecule has 0 bridgehead atoms. The van der Waals surface area contributed by atoms with Crippen LogP contribution < -0.4 is 0 Å². The van der Waals surface area contributed by atoms with E-state index in [0.29, 0.717) is 4.90 Å². The fourth-order valence-corrected chi connectivity index (χ4v) is 6.05. The fraction of sp³-hybridized carbons (Fsp3) is 0.647. The summed E-state index contributed by atoms with van der Waals surface area (Å²) in [5.74, 6) is 0.856. The van der Waals surface area contributed by atoms with E-state index in [2.05, 4.69) is 31.5 Å². The van der Waals surface area contributed by atoms with Crippen LogP contribution in [0, 0.1) is 6.92 Å². The molecule has 1 rings (SSSR count). The zero-order valence-electron chi connectivity index (χ0n) is 14.4. The van der Waals surface area contributed by atoms with Crippen LogP contribution in [0.1, 0.15) is 58.9 Å². The van der Waals surface area contributed by atoms with Crippen molar-refractivity contribution in [3.05, 3.63) is 29.8 Å². The topological polar surface area (TPSA) is 46.5 Å². The molecule has 22 heavy (non-hydrogen) atoms. The number of benzene rings is 1. The van der Waals surface area contributed by atoms with Gasteiger partial charge in [0.1, 0.15) is 0 Å². The lowest BCUT2D eigenvalue weighted by Gasteiger charge is -2.23. The van der Waals surface area contributed by atoms with Crippen LogP contribution >= 0.6 is 0 Å². The van der Waals surface area contributed by atoms with Gasteiger partial charge in [-0.2, -0.15) is 8.42 Å². The maximum Gasteiger partial charge on any atom is 0.287 e. The Morgan fingerprint density at radius 3 is 2.14 bits per heavy atom. The zero-order chi connectivity index (χ0) is 16.8. The van der Waals surface area contributed by atoms with E-state index in [1.165, 1.54) is 12.8 Å². The van der Waals surface area contributed by atoms with Crippen molar-refractivity contribution in [2.75, 3.05) is 5.75 Å². The molecule has 1 aromatic carbocycles. The molecule has 1 aromatic rings. The van der Waals surface area contributed by atoms with Crippen molar-refractivity contribution in [3.8, 4) is 0 Å². The van der Waals surface area contributed by atoms with Gasteiger partial charge in [0.25, 0.3) is 10.0 Å². The molecule has 0 heterocycles. The Labute approximate surface area is 138 Å². The zero-order valence-corrected chi connectivity index (χ0v) is 16.1. The average Bonchev–Trinajstić information content (AvgIpc) is 2.41. The lowest BCUT2D eigenvalue weighted by Crippen LogP contribution is -2.25. The van der Waals surface area contributed by atoms with Crippen LogP contribution in [0.15, 0.2) is 32.9 Å². The monoisotopic (exact) mass is 343 g/mol. The summed E-state index contributed by atoms with van der Waals surface area (Å²) in [6.07, 6.45) is 4.57. The van der Waals surface area contributed by atoms with Crippen LogP contribution in [0.4, 0.5) is 0 Å². The highest BCUT2D eigenvalue weighted by molar-refractivity contribution is 8.00. The Hall–Kier alpha value is -0.680. The van der Waals surface area contributed by atoms with Gasteiger partial charge in [0.05, 0.1) is 4.90 Å². The summed E-state index contributed by atoms with van der Waals surface area (Å²) in [5.41, 5.74) is 1.05. The van der Waals surface area contributed by atoms with Crippen molar-refractivity contribution in [1.82, 2.24) is 0 Å². The van der Waals surface area contributed by atoms with Gasteiger partial charge in [0.15, 0.2) is 0 Å². The predicted molar refractivity (Wildman–Crippen MR) is 96.9 cm³/mol. The first kappa shape index (κ1) is 19.4. The number of aryl methyl sites for hydroxylation is 1. The smallest absolute Gasteiger partial charge is 0.199 e. The molecule has 126 valence electrons. The summed E-state index contributed by atoms with van der Waals surface area (Å²) in [7, 11) is -4.05. The normalized spacial score (nSPS) is 14.2. The Kier molecular flexibility index (Phi) is 7.26. The number of nitrogens with zero attached hydrogens (tertiary/aromatic N) is 1. The minimum absolute atomic E-state index is 0.121. The van der Waals surface area contributed by atoms with Gasteiger partial charge in [-0.3, -0.25) is 0 Å². The number of hydrogen-bond donors (Lipinski definition) is 0. The van der Waals surface area contributed by atoms with Gasteiger partial charge in [-0.15, -0.1) is 3.77 Å². The molecule has 0 aliphatic heterocycles. The van der Waals surface area contributed by atoms with E-state index >= 15 is 0 Å². The standard InChI is InChI=1S/C17H29NO2S2/c1-6-7-8-9-14-21(17(3,4)5)18-22(19,20)16-12-10-15(2)11-13-16/h10-13H,6-9,14H2,1-5H3. The van der Waals surface area contributed by atoms with Gasteiger partial charge in [0, 0.05) is 10.5 Å². The van der Waals surface area contributed by atoms with E-state index in [1.807, 2.05) is 19.1 Å². The summed E-state index contributed by atoms with van der Waals surface area (Å²) in [4.78, 5) is 0.299. The van der Waals surface area contributed by atoms with Gasteiger partial charge >= 0.3 is 0 Å². The van der Waals surface area contributed by atoms with E-state index in [0.717, 1.165) is 24.2 Å². The third-order valence-electron chi connectivity index (χ3n) is 3.41. The summed E-state index contributed by atoms with van der Waals surface area (Å²) < 4.78 is 29.2. The molecule has 0 amide bonds. The van der Waals surface area contributed by atoms with Gasteiger partial charge in [0.2, 0.25) is 0 Å². The Morgan fingerprint density at radius 2 is 1.64 bits per heavy atom. The highest BCUT2D eigenvalue weighted by Crippen LogP contribution is 2.21. The van der Waals surface area contributed by atoms with Crippen molar-refractivity contribution in [2.45, 2.75) is 69.9 Å². The van der Waals surface area contributed by atoms with Gasteiger partial charge in [-0.25, -0.2) is 0 Å². The third-order valence-corrected chi connectivity index (χ3v) is 7.87. The molecule has 0 saturated heterocycles. The number of unbranched alkanes of at least 4 members (excludes halogenated alkanes) is 3. The lowest BCUT2D eigenvalue weighted by atomic mass is 10.2. The third kappa shape index (κ3) is 6.21. The fourth-order valence-electron chi connectivity index (χ4n) is 1.99. The number of hydrogen-bond acceptors (Lipinski definition) is 2. The van der Waals surface area contributed by atoms with Crippen molar-refractivity contribution in [2.24, 2.45) is 3.77 Å².